The molecule has 19 heavy (non-hydrogen) atoms. The molecule has 0 fully saturated rings. The lowest BCUT2D eigenvalue weighted by Crippen LogP contribution is -2.22. The second-order valence-electron chi connectivity index (χ2n) is 4.99. The van der Waals surface area contributed by atoms with E-state index < -0.39 is 0 Å². The number of H-pyrrole nitrogens is 1. The summed E-state index contributed by atoms with van der Waals surface area (Å²) in [7, 11) is 0. The van der Waals surface area contributed by atoms with Crippen molar-refractivity contribution in [3.8, 4) is 0 Å². The summed E-state index contributed by atoms with van der Waals surface area (Å²) < 4.78 is 0. The molecule has 0 aliphatic heterocycles. The quantitative estimate of drug-likeness (QED) is 0.867. The Kier molecular flexibility index (Phi) is 3.07. The molecule has 1 heterocycles. The lowest BCUT2D eigenvalue weighted by atomic mass is 9.97. The van der Waals surface area contributed by atoms with E-state index in [0.717, 1.165) is 48.2 Å². The standard InChI is InChI=1S/C15H17N3O/c1-10-6-2-4-8-12(10)16-15-17-13-9-5-3-7-11(13)14(19)18-15/h2,4,6,8H,3,5,7,9H2,1H3,(H2,16,17,18,19). The van der Waals surface area contributed by atoms with Crippen molar-refractivity contribution in [2.24, 2.45) is 0 Å². The molecule has 0 saturated carbocycles. The van der Waals surface area contributed by atoms with Gasteiger partial charge in [0.05, 0.1) is 0 Å². The van der Waals surface area contributed by atoms with Gasteiger partial charge in [0, 0.05) is 16.9 Å². The Morgan fingerprint density at radius 1 is 1.21 bits per heavy atom. The molecular formula is C15H17N3O. The Bertz CT molecular complexity index is 661. The van der Waals surface area contributed by atoms with E-state index in [2.05, 4.69) is 15.3 Å². The summed E-state index contributed by atoms with van der Waals surface area (Å²) in [6.07, 6.45) is 4.01. The number of hydrogen-bond donors (Lipinski definition) is 2. The minimum atomic E-state index is -0.0930. The maximum Gasteiger partial charge on any atom is 0.277 e. The molecular weight excluding hydrogens is 238 g/mol. The van der Waals surface area contributed by atoms with Crippen LogP contribution in [0.1, 0.15) is 29.7 Å². The molecule has 0 spiro atoms. The van der Waals surface area contributed by atoms with Crippen molar-refractivity contribution in [2.45, 2.75) is 32.6 Å². The Balaban J connectivity index is 1.96. The number of aromatic amines is 1. The predicted molar refractivity (Wildman–Crippen MR) is 76.0 cm³/mol. The first-order valence-corrected chi connectivity index (χ1v) is 6.69. The summed E-state index contributed by atoms with van der Waals surface area (Å²) in [5.74, 6) is 0.542. The number of nitrogens with one attached hydrogen (secondary N) is 2. The van der Waals surface area contributed by atoms with E-state index in [1.54, 1.807) is 0 Å². The van der Waals surface area contributed by atoms with E-state index in [1.165, 1.54) is 0 Å². The Labute approximate surface area is 111 Å². The van der Waals surface area contributed by atoms with Crippen LogP contribution in [0, 0.1) is 6.92 Å². The van der Waals surface area contributed by atoms with Crippen molar-refractivity contribution in [1.29, 1.82) is 0 Å². The third-order valence-electron chi connectivity index (χ3n) is 3.61. The number of rotatable bonds is 2. The number of benzene rings is 1. The lowest BCUT2D eigenvalue weighted by Gasteiger charge is -2.16. The van der Waals surface area contributed by atoms with Gasteiger partial charge in [-0.25, -0.2) is 0 Å². The Morgan fingerprint density at radius 2 is 2.00 bits per heavy atom. The fourth-order valence-electron chi connectivity index (χ4n) is 2.52. The topological polar surface area (TPSA) is 57.8 Å². The first kappa shape index (κ1) is 12.0. The van der Waals surface area contributed by atoms with Crippen LogP contribution in [0.4, 0.5) is 11.6 Å². The highest BCUT2D eigenvalue weighted by Gasteiger charge is 2.15. The average Bonchev–Trinajstić information content (AvgIpc) is 2.42. The van der Waals surface area contributed by atoms with Gasteiger partial charge in [-0.2, -0.15) is 4.98 Å². The average molecular weight is 255 g/mol. The monoisotopic (exact) mass is 255 g/mol. The zero-order chi connectivity index (χ0) is 13.2. The largest absolute Gasteiger partial charge is 0.329 e. The molecule has 1 aliphatic rings. The highest BCUT2D eigenvalue weighted by Crippen LogP contribution is 2.20. The van der Waals surface area contributed by atoms with E-state index in [9.17, 15) is 4.79 Å². The van der Waals surface area contributed by atoms with E-state index in [4.69, 9.17) is 0 Å². The minimum Gasteiger partial charge on any atom is -0.329 e. The number of nitrogens with zero attached hydrogens (tertiary/aromatic N) is 1. The second-order valence-corrected chi connectivity index (χ2v) is 4.99. The smallest absolute Gasteiger partial charge is 0.277 e. The minimum absolute atomic E-state index is 0.0930. The first-order valence-electron chi connectivity index (χ1n) is 6.69. The molecule has 0 saturated heterocycles. The van der Waals surface area contributed by atoms with Crippen LogP contribution in [0.25, 0.3) is 0 Å². The maximum absolute atomic E-state index is 12.0. The molecule has 0 amide bonds. The molecule has 4 nitrogen and oxygen atoms in total. The van der Waals surface area contributed by atoms with Gasteiger partial charge in [0.2, 0.25) is 5.95 Å². The second kappa shape index (κ2) is 4.88. The number of anilines is 2. The van der Waals surface area contributed by atoms with Crippen LogP contribution >= 0.6 is 0 Å². The molecule has 0 unspecified atom stereocenters. The van der Waals surface area contributed by atoms with Gasteiger partial charge in [-0.15, -0.1) is 0 Å². The zero-order valence-electron chi connectivity index (χ0n) is 11.0. The maximum atomic E-state index is 12.0. The van der Waals surface area contributed by atoms with Crippen molar-refractivity contribution >= 4 is 11.6 Å². The highest BCUT2D eigenvalue weighted by atomic mass is 16.1. The SMILES string of the molecule is Cc1ccccc1Nc1nc(=O)c2c([nH]1)CCCC2. The zero-order valence-corrected chi connectivity index (χ0v) is 11.0. The molecule has 98 valence electrons. The Hall–Kier alpha value is -2.10. The molecule has 3 rings (SSSR count). The summed E-state index contributed by atoms with van der Waals surface area (Å²) in [5, 5.41) is 3.20. The molecule has 0 atom stereocenters. The van der Waals surface area contributed by atoms with Crippen LogP contribution in [0.2, 0.25) is 0 Å². The molecule has 2 N–H and O–H groups in total. The van der Waals surface area contributed by atoms with Crippen LogP contribution in [0.3, 0.4) is 0 Å². The molecule has 1 aromatic heterocycles. The summed E-state index contributed by atoms with van der Waals surface area (Å²) in [4.78, 5) is 19.3. The normalized spacial score (nSPS) is 13.9. The van der Waals surface area contributed by atoms with E-state index in [-0.39, 0.29) is 5.56 Å². The fraction of sp³-hybridized carbons (Fsp3) is 0.333. The van der Waals surface area contributed by atoms with Crippen LogP contribution in [0.15, 0.2) is 29.1 Å². The van der Waals surface area contributed by atoms with Gasteiger partial charge in [0.25, 0.3) is 5.56 Å². The van der Waals surface area contributed by atoms with Crippen molar-refractivity contribution < 1.29 is 0 Å². The van der Waals surface area contributed by atoms with Crippen molar-refractivity contribution in [3.05, 3.63) is 51.4 Å². The summed E-state index contributed by atoms with van der Waals surface area (Å²) in [6.45, 7) is 2.03. The van der Waals surface area contributed by atoms with Gasteiger partial charge in [-0.3, -0.25) is 4.79 Å². The van der Waals surface area contributed by atoms with E-state index in [0.29, 0.717) is 5.95 Å². The highest BCUT2D eigenvalue weighted by molar-refractivity contribution is 5.58. The Morgan fingerprint density at radius 3 is 2.84 bits per heavy atom. The van der Waals surface area contributed by atoms with Gasteiger partial charge in [0.1, 0.15) is 0 Å². The summed E-state index contributed by atoms with van der Waals surface area (Å²) in [5.41, 5.74) is 3.91. The van der Waals surface area contributed by atoms with Crippen molar-refractivity contribution in [1.82, 2.24) is 9.97 Å². The first-order chi connectivity index (χ1) is 9.24. The number of aromatic nitrogens is 2. The van der Waals surface area contributed by atoms with Gasteiger partial charge >= 0.3 is 0 Å². The van der Waals surface area contributed by atoms with Crippen LogP contribution in [-0.4, -0.2) is 9.97 Å². The van der Waals surface area contributed by atoms with E-state index >= 15 is 0 Å². The molecule has 1 aliphatic carbocycles. The number of hydrogen-bond acceptors (Lipinski definition) is 3. The molecule has 1 aromatic carbocycles. The van der Waals surface area contributed by atoms with Gasteiger partial charge in [0.15, 0.2) is 0 Å². The van der Waals surface area contributed by atoms with Gasteiger partial charge in [-0.1, -0.05) is 18.2 Å². The molecule has 0 bridgehead atoms. The molecule has 0 radical (unpaired) electrons. The number of fused-ring (bicyclic) bond motifs is 1. The van der Waals surface area contributed by atoms with Crippen LogP contribution < -0.4 is 10.9 Å². The van der Waals surface area contributed by atoms with Crippen LogP contribution in [0.5, 0.6) is 0 Å². The third kappa shape index (κ3) is 2.38. The van der Waals surface area contributed by atoms with E-state index in [1.807, 2.05) is 31.2 Å². The fourth-order valence-corrected chi connectivity index (χ4v) is 2.52. The van der Waals surface area contributed by atoms with Gasteiger partial charge < -0.3 is 10.3 Å². The summed E-state index contributed by atoms with van der Waals surface area (Å²) in [6, 6.07) is 7.96. The molecule has 4 heteroatoms. The van der Waals surface area contributed by atoms with Crippen LogP contribution in [-0.2, 0) is 12.8 Å². The third-order valence-corrected chi connectivity index (χ3v) is 3.61. The number of aryl methyl sites for hydroxylation is 2. The predicted octanol–water partition coefficient (Wildman–Crippen LogP) is 2.70. The van der Waals surface area contributed by atoms with Gasteiger partial charge in [-0.05, 0) is 44.2 Å². The van der Waals surface area contributed by atoms with Crippen molar-refractivity contribution in [3.63, 3.8) is 0 Å². The van der Waals surface area contributed by atoms with Crippen molar-refractivity contribution in [2.75, 3.05) is 5.32 Å². The lowest BCUT2D eigenvalue weighted by molar-refractivity contribution is 0.658. The summed E-state index contributed by atoms with van der Waals surface area (Å²) >= 11 is 0. The molecule has 2 aromatic rings. The number of para-hydroxylation sites is 1.